The van der Waals surface area contributed by atoms with Crippen molar-refractivity contribution in [3.05, 3.63) is 18.0 Å². The first-order valence-electron chi connectivity index (χ1n) is 6.55. The van der Waals surface area contributed by atoms with Gasteiger partial charge in [0.1, 0.15) is 0 Å². The van der Waals surface area contributed by atoms with Gasteiger partial charge in [0.2, 0.25) is 0 Å². The van der Waals surface area contributed by atoms with Crippen molar-refractivity contribution in [1.29, 1.82) is 0 Å². The van der Waals surface area contributed by atoms with Crippen LogP contribution in [0.25, 0.3) is 0 Å². The zero-order valence-corrected chi connectivity index (χ0v) is 10.2. The quantitative estimate of drug-likeness (QED) is 0.829. The molecule has 1 aromatic rings. The molecule has 0 aromatic carbocycles. The van der Waals surface area contributed by atoms with Crippen molar-refractivity contribution < 1.29 is 0 Å². The maximum absolute atomic E-state index is 5.94. The number of nitrogens with two attached hydrogens (primary N) is 1. The number of hydrogen-bond donors (Lipinski definition) is 1. The van der Waals surface area contributed by atoms with E-state index in [0.717, 1.165) is 25.3 Å². The minimum atomic E-state index is 0.282. The van der Waals surface area contributed by atoms with Gasteiger partial charge in [-0.3, -0.25) is 4.68 Å². The summed E-state index contributed by atoms with van der Waals surface area (Å²) in [6.45, 7) is 3.23. The van der Waals surface area contributed by atoms with Crippen molar-refractivity contribution in [3.8, 4) is 0 Å². The summed E-state index contributed by atoms with van der Waals surface area (Å²) in [5.74, 6) is 0.854. The van der Waals surface area contributed by atoms with Crippen molar-refractivity contribution in [2.24, 2.45) is 11.7 Å². The molecule has 0 bridgehead atoms. The smallest absolute Gasteiger partial charge is 0.0522 e. The van der Waals surface area contributed by atoms with Gasteiger partial charge in [0.15, 0.2) is 0 Å². The largest absolute Gasteiger partial charge is 0.327 e. The first kappa shape index (κ1) is 11.6. The molecular weight excluding hydrogens is 198 g/mol. The van der Waals surface area contributed by atoms with Crippen LogP contribution in [0.4, 0.5) is 0 Å². The molecule has 1 saturated carbocycles. The number of nitrogens with zero attached hydrogens (tertiary/aromatic N) is 2. The minimum Gasteiger partial charge on any atom is -0.327 e. The zero-order valence-electron chi connectivity index (χ0n) is 10.2. The molecule has 0 radical (unpaired) electrons. The lowest BCUT2D eigenvalue weighted by atomic mass is 10.1. The van der Waals surface area contributed by atoms with Crippen LogP contribution in [0.2, 0.25) is 0 Å². The van der Waals surface area contributed by atoms with Gasteiger partial charge in [-0.05, 0) is 37.2 Å². The predicted octanol–water partition coefficient (Wildman–Crippen LogP) is 2.35. The summed E-state index contributed by atoms with van der Waals surface area (Å²) < 4.78 is 2.10. The number of aromatic nitrogens is 2. The molecule has 0 aliphatic heterocycles. The average molecular weight is 221 g/mol. The van der Waals surface area contributed by atoms with E-state index in [4.69, 9.17) is 5.73 Å². The van der Waals surface area contributed by atoms with Crippen molar-refractivity contribution in [2.75, 3.05) is 0 Å². The van der Waals surface area contributed by atoms with E-state index in [1.807, 2.05) is 6.20 Å². The molecule has 0 saturated heterocycles. The van der Waals surface area contributed by atoms with E-state index >= 15 is 0 Å². The molecule has 3 heteroatoms. The Morgan fingerprint density at radius 2 is 2.25 bits per heavy atom. The van der Waals surface area contributed by atoms with E-state index in [2.05, 4.69) is 22.9 Å². The van der Waals surface area contributed by atoms with Gasteiger partial charge in [-0.15, -0.1) is 0 Å². The third kappa shape index (κ3) is 3.08. The molecule has 1 aliphatic rings. The summed E-state index contributed by atoms with van der Waals surface area (Å²) in [7, 11) is 0. The SMILES string of the molecule is CCC(N)Cc1cnn(CC2CCCC2)c1. The lowest BCUT2D eigenvalue weighted by molar-refractivity contribution is 0.429. The Hall–Kier alpha value is -0.830. The van der Waals surface area contributed by atoms with E-state index in [9.17, 15) is 0 Å². The molecule has 2 N–H and O–H groups in total. The normalized spacial score (nSPS) is 19.1. The Morgan fingerprint density at radius 1 is 1.50 bits per heavy atom. The molecular formula is C13H23N3. The van der Waals surface area contributed by atoms with Crippen LogP contribution in [0.3, 0.4) is 0 Å². The van der Waals surface area contributed by atoms with Crippen molar-refractivity contribution in [1.82, 2.24) is 9.78 Å². The van der Waals surface area contributed by atoms with Gasteiger partial charge in [0.25, 0.3) is 0 Å². The van der Waals surface area contributed by atoms with Gasteiger partial charge in [-0.1, -0.05) is 19.8 Å². The second-order valence-electron chi connectivity index (χ2n) is 5.09. The molecule has 1 fully saturated rings. The molecule has 1 aliphatic carbocycles. The molecule has 1 aromatic heterocycles. The van der Waals surface area contributed by atoms with Gasteiger partial charge in [-0.2, -0.15) is 5.10 Å². The molecule has 16 heavy (non-hydrogen) atoms. The van der Waals surface area contributed by atoms with Crippen LogP contribution in [0.5, 0.6) is 0 Å². The molecule has 90 valence electrons. The van der Waals surface area contributed by atoms with Crippen LogP contribution in [0.1, 0.15) is 44.6 Å². The second-order valence-corrected chi connectivity index (χ2v) is 5.09. The van der Waals surface area contributed by atoms with E-state index < -0.39 is 0 Å². The fraction of sp³-hybridized carbons (Fsp3) is 0.769. The summed E-state index contributed by atoms with van der Waals surface area (Å²) in [5.41, 5.74) is 7.23. The Morgan fingerprint density at radius 3 is 2.94 bits per heavy atom. The summed E-state index contributed by atoms with van der Waals surface area (Å²) in [5, 5.41) is 4.43. The number of hydrogen-bond acceptors (Lipinski definition) is 2. The third-order valence-corrected chi connectivity index (χ3v) is 3.63. The van der Waals surface area contributed by atoms with Crippen LogP contribution < -0.4 is 5.73 Å². The molecule has 3 nitrogen and oxygen atoms in total. The summed E-state index contributed by atoms with van der Waals surface area (Å²) >= 11 is 0. The highest BCUT2D eigenvalue weighted by atomic mass is 15.3. The molecule has 2 rings (SSSR count). The zero-order chi connectivity index (χ0) is 11.4. The van der Waals surface area contributed by atoms with E-state index in [1.165, 1.54) is 31.2 Å². The lowest BCUT2D eigenvalue weighted by Gasteiger charge is -2.08. The first-order valence-corrected chi connectivity index (χ1v) is 6.55. The highest BCUT2D eigenvalue weighted by molar-refractivity contribution is 5.05. The van der Waals surface area contributed by atoms with Crippen LogP contribution in [-0.2, 0) is 13.0 Å². The Balaban J connectivity index is 1.86. The van der Waals surface area contributed by atoms with Gasteiger partial charge in [0, 0.05) is 18.8 Å². The van der Waals surface area contributed by atoms with Gasteiger partial charge in [-0.25, -0.2) is 0 Å². The highest BCUT2D eigenvalue weighted by Crippen LogP contribution is 2.25. The second kappa shape index (κ2) is 5.48. The van der Waals surface area contributed by atoms with Gasteiger partial charge in [0.05, 0.1) is 6.20 Å². The van der Waals surface area contributed by atoms with Crippen LogP contribution in [0, 0.1) is 5.92 Å². The fourth-order valence-corrected chi connectivity index (χ4v) is 2.52. The van der Waals surface area contributed by atoms with Gasteiger partial charge < -0.3 is 5.73 Å². The van der Waals surface area contributed by atoms with Crippen molar-refractivity contribution >= 4 is 0 Å². The van der Waals surface area contributed by atoms with Crippen LogP contribution in [0.15, 0.2) is 12.4 Å². The predicted molar refractivity (Wildman–Crippen MR) is 66.2 cm³/mol. The third-order valence-electron chi connectivity index (χ3n) is 3.63. The Labute approximate surface area is 98.0 Å². The lowest BCUT2D eigenvalue weighted by Crippen LogP contribution is -2.21. The summed E-state index contributed by atoms with van der Waals surface area (Å²) in [4.78, 5) is 0. The molecule has 1 unspecified atom stereocenters. The van der Waals surface area contributed by atoms with Crippen molar-refractivity contribution in [3.63, 3.8) is 0 Å². The maximum Gasteiger partial charge on any atom is 0.0522 e. The Kier molecular flexibility index (Phi) is 3.99. The maximum atomic E-state index is 5.94. The van der Waals surface area contributed by atoms with Crippen molar-refractivity contribution in [2.45, 2.75) is 58.0 Å². The van der Waals surface area contributed by atoms with E-state index in [0.29, 0.717) is 0 Å². The molecule has 0 amide bonds. The molecule has 1 atom stereocenters. The standard InChI is InChI=1S/C13H23N3/c1-2-13(14)7-12-8-15-16(10-12)9-11-5-3-4-6-11/h8,10-11,13H,2-7,9,14H2,1H3. The van der Waals surface area contributed by atoms with Gasteiger partial charge >= 0.3 is 0 Å². The molecule has 1 heterocycles. The first-order chi connectivity index (χ1) is 7.78. The average Bonchev–Trinajstić information content (AvgIpc) is 2.91. The van der Waals surface area contributed by atoms with Crippen LogP contribution >= 0.6 is 0 Å². The van der Waals surface area contributed by atoms with E-state index in [1.54, 1.807) is 0 Å². The minimum absolute atomic E-state index is 0.282. The topological polar surface area (TPSA) is 43.8 Å². The summed E-state index contributed by atoms with van der Waals surface area (Å²) in [6, 6.07) is 0.282. The highest BCUT2D eigenvalue weighted by Gasteiger charge is 2.15. The fourth-order valence-electron chi connectivity index (χ4n) is 2.52. The van der Waals surface area contributed by atoms with E-state index in [-0.39, 0.29) is 6.04 Å². The number of rotatable bonds is 5. The van der Waals surface area contributed by atoms with Crippen LogP contribution in [-0.4, -0.2) is 15.8 Å². The summed E-state index contributed by atoms with van der Waals surface area (Å²) in [6.07, 6.45) is 11.7. The Bertz CT molecular complexity index is 313. The molecule has 0 spiro atoms. The monoisotopic (exact) mass is 221 g/mol.